The van der Waals surface area contributed by atoms with Gasteiger partial charge in [-0.25, -0.2) is 9.59 Å². The van der Waals surface area contributed by atoms with Crippen molar-refractivity contribution < 1.29 is 19.8 Å². The van der Waals surface area contributed by atoms with Crippen LogP contribution in [-0.4, -0.2) is 22.2 Å². The van der Waals surface area contributed by atoms with E-state index in [0.29, 0.717) is 9.13 Å². The SMILES string of the molecule is Cc1c(I)cc(C(=O)O)cc1C(=O)O. The molecule has 0 spiro atoms. The number of rotatable bonds is 2. The van der Waals surface area contributed by atoms with Gasteiger partial charge in [0.2, 0.25) is 0 Å². The van der Waals surface area contributed by atoms with Crippen molar-refractivity contribution in [3.63, 3.8) is 0 Å². The molecule has 0 fully saturated rings. The molecular weight excluding hydrogens is 299 g/mol. The molecule has 0 saturated carbocycles. The van der Waals surface area contributed by atoms with Gasteiger partial charge in [0.1, 0.15) is 0 Å². The van der Waals surface area contributed by atoms with E-state index in [1.165, 1.54) is 12.1 Å². The molecule has 14 heavy (non-hydrogen) atoms. The lowest BCUT2D eigenvalue weighted by atomic mass is 10.1. The van der Waals surface area contributed by atoms with Crippen molar-refractivity contribution in [2.24, 2.45) is 0 Å². The van der Waals surface area contributed by atoms with Crippen LogP contribution in [0.15, 0.2) is 12.1 Å². The van der Waals surface area contributed by atoms with Gasteiger partial charge in [0.05, 0.1) is 11.1 Å². The van der Waals surface area contributed by atoms with Gasteiger partial charge in [-0.05, 0) is 47.2 Å². The summed E-state index contributed by atoms with van der Waals surface area (Å²) in [6, 6.07) is 2.62. The maximum Gasteiger partial charge on any atom is 0.336 e. The normalized spacial score (nSPS) is 9.86. The highest BCUT2D eigenvalue weighted by Crippen LogP contribution is 2.19. The van der Waals surface area contributed by atoms with Crippen molar-refractivity contribution in [1.82, 2.24) is 0 Å². The van der Waals surface area contributed by atoms with Gasteiger partial charge in [-0.3, -0.25) is 0 Å². The topological polar surface area (TPSA) is 74.6 Å². The first-order valence-electron chi connectivity index (χ1n) is 3.70. The minimum Gasteiger partial charge on any atom is -0.478 e. The second-order valence-corrected chi connectivity index (χ2v) is 3.90. The molecule has 0 bridgehead atoms. The summed E-state index contributed by atoms with van der Waals surface area (Å²) in [5.74, 6) is -2.23. The number of benzene rings is 1. The second kappa shape index (κ2) is 3.95. The van der Waals surface area contributed by atoms with E-state index in [0.717, 1.165) is 0 Å². The molecular formula is C9H7IO4. The fourth-order valence-electron chi connectivity index (χ4n) is 1.02. The third-order valence-electron chi connectivity index (χ3n) is 1.82. The fraction of sp³-hybridized carbons (Fsp3) is 0.111. The van der Waals surface area contributed by atoms with Crippen LogP contribution >= 0.6 is 22.6 Å². The highest BCUT2D eigenvalue weighted by molar-refractivity contribution is 14.1. The third-order valence-corrected chi connectivity index (χ3v) is 2.94. The quantitative estimate of drug-likeness (QED) is 0.820. The second-order valence-electron chi connectivity index (χ2n) is 2.74. The summed E-state index contributed by atoms with van der Waals surface area (Å²) in [7, 11) is 0. The summed E-state index contributed by atoms with van der Waals surface area (Å²) < 4.78 is 0.639. The molecule has 5 heteroatoms. The Morgan fingerprint density at radius 3 is 2.21 bits per heavy atom. The lowest BCUT2D eigenvalue weighted by Gasteiger charge is -2.04. The van der Waals surface area contributed by atoms with Gasteiger partial charge in [0, 0.05) is 3.57 Å². The molecule has 0 amide bonds. The minimum atomic E-state index is -1.12. The zero-order chi connectivity index (χ0) is 10.9. The van der Waals surface area contributed by atoms with Crippen LogP contribution in [0.2, 0.25) is 0 Å². The lowest BCUT2D eigenvalue weighted by Crippen LogP contribution is -2.06. The first kappa shape index (κ1) is 11.0. The van der Waals surface area contributed by atoms with Crippen LogP contribution in [0.5, 0.6) is 0 Å². The average molecular weight is 306 g/mol. The number of aromatic carboxylic acids is 2. The van der Waals surface area contributed by atoms with Crippen molar-refractivity contribution in [2.75, 3.05) is 0 Å². The molecule has 0 aromatic heterocycles. The Morgan fingerprint density at radius 1 is 1.21 bits per heavy atom. The molecule has 1 aromatic rings. The summed E-state index contributed by atoms with van der Waals surface area (Å²) in [6.45, 7) is 1.65. The fourth-order valence-corrected chi connectivity index (χ4v) is 1.65. The largest absolute Gasteiger partial charge is 0.478 e. The number of hydrogen-bond acceptors (Lipinski definition) is 2. The molecule has 2 N–H and O–H groups in total. The minimum absolute atomic E-state index is 0.00241. The Hall–Kier alpha value is -1.11. The van der Waals surface area contributed by atoms with E-state index in [2.05, 4.69) is 0 Å². The Balaban J connectivity index is 3.43. The highest BCUT2D eigenvalue weighted by Gasteiger charge is 2.14. The first-order chi connectivity index (χ1) is 6.43. The van der Waals surface area contributed by atoms with E-state index >= 15 is 0 Å². The molecule has 0 aliphatic rings. The van der Waals surface area contributed by atoms with Gasteiger partial charge >= 0.3 is 11.9 Å². The van der Waals surface area contributed by atoms with Gasteiger partial charge in [-0.15, -0.1) is 0 Å². The van der Waals surface area contributed by atoms with Crippen LogP contribution in [0.25, 0.3) is 0 Å². The number of carboxylic acids is 2. The van der Waals surface area contributed by atoms with E-state index in [9.17, 15) is 9.59 Å². The number of hydrogen-bond donors (Lipinski definition) is 2. The predicted molar refractivity (Wildman–Crippen MR) is 57.8 cm³/mol. The van der Waals surface area contributed by atoms with E-state index in [1.54, 1.807) is 6.92 Å². The zero-order valence-electron chi connectivity index (χ0n) is 7.24. The maximum atomic E-state index is 10.8. The van der Waals surface area contributed by atoms with Gasteiger partial charge in [-0.2, -0.15) is 0 Å². The Kier molecular flexibility index (Phi) is 3.10. The summed E-state index contributed by atoms with van der Waals surface area (Å²) in [6.07, 6.45) is 0. The third kappa shape index (κ3) is 2.03. The number of carboxylic acid groups (broad SMARTS) is 2. The van der Waals surface area contributed by atoms with Gasteiger partial charge in [0.15, 0.2) is 0 Å². The van der Waals surface area contributed by atoms with Crippen LogP contribution < -0.4 is 0 Å². The van der Waals surface area contributed by atoms with Crippen molar-refractivity contribution in [1.29, 1.82) is 0 Å². The molecule has 0 atom stereocenters. The van der Waals surface area contributed by atoms with Crippen LogP contribution in [0.1, 0.15) is 26.3 Å². The van der Waals surface area contributed by atoms with E-state index in [4.69, 9.17) is 10.2 Å². The molecule has 1 aromatic carbocycles. The highest BCUT2D eigenvalue weighted by atomic mass is 127. The average Bonchev–Trinajstić information content (AvgIpc) is 2.08. The summed E-state index contributed by atoms with van der Waals surface area (Å²) in [4.78, 5) is 21.4. The first-order valence-corrected chi connectivity index (χ1v) is 4.78. The van der Waals surface area contributed by atoms with E-state index < -0.39 is 11.9 Å². The molecule has 0 aliphatic heterocycles. The smallest absolute Gasteiger partial charge is 0.336 e. The standard InChI is InChI=1S/C9H7IO4/c1-4-6(9(13)14)2-5(8(11)12)3-7(4)10/h2-3H,1H3,(H,11,12)(H,13,14). The molecule has 0 radical (unpaired) electrons. The Morgan fingerprint density at radius 2 is 1.79 bits per heavy atom. The van der Waals surface area contributed by atoms with Crippen molar-refractivity contribution in [3.8, 4) is 0 Å². The van der Waals surface area contributed by atoms with Gasteiger partial charge < -0.3 is 10.2 Å². The summed E-state index contributed by atoms with van der Waals surface area (Å²) >= 11 is 1.92. The molecule has 0 unspecified atom stereocenters. The molecule has 0 aliphatic carbocycles. The van der Waals surface area contributed by atoms with E-state index in [1.807, 2.05) is 22.6 Å². The lowest BCUT2D eigenvalue weighted by molar-refractivity contribution is 0.0695. The van der Waals surface area contributed by atoms with Crippen LogP contribution in [0, 0.1) is 10.5 Å². The Bertz CT molecular complexity index is 412. The van der Waals surface area contributed by atoms with Crippen LogP contribution in [0.4, 0.5) is 0 Å². The van der Waals surface area contributed by atoms with Gasteiger partial charge in [-0.1, -0.05) is 0 Å². The zero-order valence-corrected chi connectivity index (χ0v) is 9.40. The predicted octanol–water partition coefficient (Wildman–Crippen LogP) is 2.00. The number of halogens is 1. The van der Waals surface area contributed by atoms with Crippen molar-refractivity contribution in [3.05, 3.63) is 32.4 Å². The van der Waals surface area contributed by atoms with Crippen LogP contribution in [-0.2, 0) is 0 Å². The van der Waals surface area contributed by atoms with Crippen molar-refractivity contribution in [2.45, 2.75) is 6.92 Å². The maximum absolute atomic E-state index is 10.8. The molecule has 0 saturated heterocycles. The monoisotopic (exact) mass is 306 g/mol. The number of carbonyl (C=O) groups is 2. The van der Waals surface area contributed by atoms with Crippen molar-refractivity contribution >= 4 is 34.5 Å². The molecule has 0 heterocycles. The molecule has 4 nitrogen and oxygen atoms in total. The van der Waals surface area contributed by atoms with Gasteiger partial charge in [0.25, 0.3) is 0 Å². The van der Waals surface area contributed by atoms with E-state index in [-0.39, 0.29) is 11.1 Å². The van der Waals surface area contributed by atoms with Crippen LogP contribution in [0.3, 0.4) is 0 Å². The molecule has 74 valence electrons. The Labute approximate surface area is 93.7 Å². The summed E-state index contributed by atoms with van der Waals surface area (Å²) in [5, 5.41) is 17.5. The summed E-state index contributed by atoms with van der Waals surface area (Å²) in [5.41, 5.74) is 0.620. The molecule has 1 rings (SSSR count).